The van der Waals surface area contributed by atoms with Gasteiger partial charge in [-0.05, 0) is 38.4 Å². The van der Waals surface area contributed by atoms with E-state index in [0.29, 0.717) is 24.0 Å². The van der Waals surface area contributed by atoms with E-state index in [0.717, 1.165) is 25.9 Å². The molecule has 2 N–H and O–H groups in total. The SMILES string of the molecule is CCOC(=O)c1cccnc1N[C@@H]1CCCNC1. The predicted octanol–water partition coefficient (Wildman–Crippen LogP) is 1.42. The van der Waals surface area contributed by atoms with Crippen LogP contribution in [-0.4, -0.2) is 36.7 Å². The van der Waals surface area contributed by atoms with E-state index in [1.165, 1.54) is 0 Å². The molecule has 0 saturated carbocycles. The van der Waals surface area contributed by atoms with Crippen LogP contribution in [0.5, 0.6) is 0 Å². The number of aromatic nitrogens is 1. The Morgan fingerprint density at radius 1 is 1.67 bits per heavy atom. The molecule has 5 heteroatoms. The fourth-order valence-electron chi connectivity index (χ4n) is 2.06. The summed E-state index contributed by atoms with van der Waals surface area (Å²) in [6.07, 6.45) is 3.91. The summed E-state index contributed by atoms with van der Waals surface area (Å²) in [6, 6.07) is 3.81. The number of nitrogens with one attached hydrogen (secondary N) is 2. The monoisotopic (exact) mass is 249 g/mol. The Bertz CT molecular complexity index is 403. The molecule has 1 atom stereocenters. The van der Waals surface area contributed by atoms with Crippen molar-refractivity contribution in [2.45, 2.75) is 25.8 Å². The molecule has 5 nitrogen and oxygen atoms in total. The lowest BCUT2D eigenvalue weighted by atomic mass is 10.1. The van der Waals surface area contributed by atoms with Gasteiger partial charge in [0.15, 0.2) is 0 Å². The Hall–Kier alpha value is -1.62. The number of pyridine rings is 1. The molecule has 1 aliphatic rings. The fraction of sp³-hybridized carbons (Fsp3) is 0.538. The Morgan fingerprint density at radius 3 is 3.28 bits per heavy atom. The molecule has 0 aromatic carbocycles. The van der Waals surface area contributed by atoms with Gasteiger partial charge in [-0.25, -0.2) is 9.78 Å². The van der Waals surface area contributed by atoms with Crippen molar-refractivity contribution >= 4 is 11.8 Å². The zero-order valence-corrected chi connectivity index (χ0v) is 10.6. The molecular formula is C13H19N3O2. The van der Waals surface area contributed by atoms with Crippen LogP contribution in [0, 0.1) is 0 Å². The van der Waals surface area contributed by atoms with Crippen molar-refractivity contribution in [2.75, 3.05) is 25.0 Å². The third kappa shape index (κ3) is 3.20. The predicted molar refractivity (Wildman–Crippen MR) is 69.7 cm³/mol. The van der Waals surface area contributed by atoms with E-state index >= 15 is 0 Å². The maximum absolute atomic E-state index is 11.8. The lowest BCUT2D eigenvalue weighted by Crippen LogP contribution is -2.39. The van der Waals surface area contributed by atoms with Gasteiger partial charge in [0.05, 0.1) is 6.61 Å². The molecule has 0 aliphatic carbocycles. The van der Waals surface area contributed by atoms with E-state index in [-0.39, 0.29) is 5.97 Å². The second-order valence-electron chi connectivity index (χ2n) is 4.31. The van der Waals surface area contributed by atoms with Crippen molar-refractivity contribution in [2.24, 2.45) is 0 Å². The molecule has 0 bridgehead atoms. The van der Waals surface area contributed by atoms with Crippen LogP contribution in [-0.2, 0) is 4.74 Å². The topological polar surface area (TPSA) is 63.2 Å². The summed E-state index contributed by atoms with van der Waals surface area (Å²) in [5.41, 5.74) is 0.505. The number of hydrogen-bond donors (Lipinski definition) is 2. The number of carbonyl (C=O) groups excluding carboxylic acids is 1. The van der Waals surface area contributed by atoms with Crippen LogP contribution in [0.25, 0.3) is 0 Å². The number of ether oxygens (including phenoxy) is 1. The molecule has 2 rings (SSSR count). The van der Waals surface area contributed by atoms with Gasteiger partial charge in [-0.15, -0.1) is 0 Å². The Balaban J connectivity index is 2.08. The van der Waals surface area contributed by atoms with Crippen LogP contribution < -0.4 is 10.6 Å². The number of carbonyl (C=O) groups is 1. The summed E-state index contributed by atoms with van der Waals surface area (Å²) < 4.78 is 5.02. The molecule has 1 aliphatic heterocycles. The van der Waals surface area contributed by atoms with E-state index in [1.54, 1.807) is 25.3 Å². The largest absolute Gasteiger partial charge is 0.462 e. The molecule has 1 fully saturated rings. The second kappa shape index (κ2) is 6.35. The minimum Gasteiger partial charge on any atom is -0.462 e. The molecule has 2 heterocycles. The molecule has 1 saturated heterocycles. The van der Waals surface area contributed by atoms with E-state index in [4.69, 9.17) is 4.74 Å². The molecule has 0 unspecified atom stereocenters. The molecule has 0 radical (unpaired) electrons. The van der Waals surface area contributed by atoms with E-state index in [1.807, 2.05) is 0 Å². The molecule has 18 heavy (non-hydrogen) atoms. The Kier molecular flexibility index (Phi) is 4.52. The molecule has 0 amide bonds. The second-order valence-corrected chi connectivity index (χ2v) is 4.31. The van der Waals surface area contributed by atoms with Crippen LogP contribution in [0.1, 0.15) is 30.1 Å². The van der Waals surface area contributed by atoms with Crippen LogP contribution in [0.15, 0.2) is 18.3 Å². The summed E-state index contributed by atoms with van der Waals surface area (Å²) in [4.78, 5) is 16.0. The van der Waals surface area contributed by atoms with Crippen LogP contribution >= 0.6 is 0 Å². The van der Waals surface area contributed by atoms with Gasteiger partial charge < -0.3 is 15.4 Å². The Morgan fingerprint density at radius 2 is 2.56 bits per heavy atom. The smallest absolute Gasteiger partial charge is 0.341 e. The third-order valence-corrected chi connectivity index (χ3v) is 2.94. The number of esters is 1. The minimum absolute atomic E-state index is 0.321. The minimum atomic E-state index is -0.322. The summed E-state index contributed by atoms with van der Waals surface area (Å²) in [6.45, 7) is 4.13. The lowest BCUT2D eigenvalue weighted by molar-refractivity contribution is 0.0527. The Labute approximate surface area is 107 Å². The van der Waals surface area contributed by atoms with Crippen molar-refractivity contribution in [3.05, 3.63) is 23.9 Å². The quantitative estimate of drug-likeness (QED) is 0.790. The van der Waals surface area contributed by atoms with Gasteiger partial charge in [0.2, 0.25) is 0 Å². The van der Waals surface area contributed by atoms with Crippen molar-refractivity contribution in [3.63, 3.8) is 0 Å². The van der Waals surface area contributed by atoms with Crippen LogP contribution in [0.2, 0.25) is 0 Å². The van der Waals surface area contributed by atoms with Crippen LogP contribution in [0.4, 0.5) is 5.82 Å². The maximum Gasteiger partial charge on any atom is 0.341 e. The highest BCUT2D eigenvalue weighted by atomic mass is 16.5. The molecule has 0 spiro atoms. The van der Waals surface area contributed by atoms with Crippen molar-refractivity contribution in [3.8, 4) is 0 Å². The summed E-state index contributed by atoms with van der Waals surface area (Å²) in [5.74, 6) is 0.293. The van der Waals surface area contributed by atoms with Gasteiger partial charge in [0, 0.05) is 18.8 Å². The summed E-state index contributed by atoms with van der Waals surface area (Å²) in [7, 11) is 0. The first-order valence-corrected chi connectivity index (χ1v) is 6.40. The van der Waals surface area contributed by atoms with Crippen LogP contribution in [0.3, 0.4) is 0 Å². The number of piperidine rings is 1. The highest BCUT2D eigenvalue weighted by molar-refractivity contribution is 5.94. The van der Waals surface area contributed by atoms with Gasteiger partial charge in [0.1, 0.15) is 11.4 Å². The third-order valence-electron chi connectivity index (χ3n) is 2.94. The van der Waals surface area contributed by atoms with E-state index in [2.05, 4.69) is 15.6 Å². The zero-order valence-electron chi connectivity index (χ0n) is 10.6. The number of rotatable bonds is 4. The van der Waals surface area contributed by atoms with Gasteiger partial charge in [-0.3, -0.25) is 0 Å². The van der Waals surface area contributed by atoms with Crippen molar-refractivity contribution < 1.29 is 9.53 Å². The maximum atomic E-state index is 11.8. The van der Waals surface area contributed by atoms with Crippen molar-refractivity contribution in [1.29, 1.82) is 0 Å². The normalized spacial score (nSPS) is 19.3. The lowest BCUT2D eigenvalue weighted by Gasteiger charge is -2.24. The first-order chi connectivity index (χ1) is 8.81. The first kappa shape index (κ1) is 12.8. The number of hydrogen-bond acceptors (Lipinski definition) is 5. The van der Waals surface area contributed by atoms with Gasteiger partial charge in [-0.1, -0.05) is 0 Å². The zero-order chi connectivity index (χ0) is 12.8. The molecule has 98 valence electrons. The number of nitrogens with zero attached hydrogens (tertiary/aromatic N) is 1. The molecule has 1 aromatic rings. The standard InChI is InChI=1S/C13H19N3O2/c1-2-18-13(17)11-6-4-8-15-12(11)16-10-5-3-7-14-9-10/h4,6,8,10,14H,2-3,5,7,9H2,1H3,(H,15,16)/t10-/m1/s1. The molecule has 1 aromatic heterocycles. The highest BCUT2D eigenvalue weighted by Gasteiger charge is 2.18. The summed E-state index contributed by atoms with van der Waals surface area (Å²) in [5, 5.41) is 6.64. The first-order valence-electron chi connectivity index (χ1n) is 6.40. The highest BCUT2D eigenvalue weighted by Crippen LogP contribution is 2.16. The molecular weight excluding hydrogens is 230 g/mol. The average Bonchev–Trinajstić information content (AvgIpc) is 2.41. The van der Waals surface area contributed by atoms with Gasteiger partial charge in [-0.2, -0.15) is 0 Å². The average molecular weight is 249 g/mol. The summed E-state index contributed by atoms with van der Waals surface area (Å²) >= 11 is 0. The van der Waals surface area contributed by atoms with Gasteiger partial charge in [0.25, 0.3) is 0 Å². The van der Waals surface area contributed by atoms with Crippen molar-refractivity contribution in [1.82, 2.24) is 10.3 Å². The van der Waals surface area contributed by atoms with Gasteiger partial charge >= 0.3 is 5.97 Å². The van der Waals surface area contributed by atoms with E-state index < -0.39 is 0 Å². The number of anilines is 1. The van der Waals surface area contributed by atoms with E-state index in [9.17, 15) is 4.79 Å². The fourth-order valence-corrected chi connectivity index (χ4v) is 2.06.